The van der Waals surface area contributed by atoms with Gasteiger partial charge in [0.2, 0.25) is 0 Å². The number of Topliss-reactive ketones (excluding diaryl/α,β-unsaturated/α-hetero) is 1. The number of carboxylic acids is 1. The summed E-state index contributed by atoms with van der Waals surface area (Å²) in [6, 6.07) is -0.801. The van der Waals surface area contributed by atoms with E-state index in [0.29, 0.717) is 17.9 Å². The molecule has 0 aliphatic rings. The van der Waals surface area contributed by atoms with Gasteiger partial charge in [-0.2, -0.15) is 11.8 Å². The quantitative estimate of drug-likeness (QED) is 0.582. The highest BCUT2D eigenvalue weighted by atomic mass is 32.2. The Kier molecular flexibility index (Phi) is 5.74. The first-order valence-corrected chi connectivity index (χ1v) is 4.75. The van der Waals surface area contributed by atoms with E-state index in [1.54, 1.807) is 0 Å². The summed E-state index contributed by atoms with van der Waals surface area (Å²) < 4.78 is 0. The molecule has 4 nitrogen and oxygen atoms in total. The molecule has 0 saturated heterocycles. The van der Waals surface area contributed by atoms with Crippen LogP contribution in [0.2, 0.25) is 0 Å². The number of rotatable bonds is 6. The summed E-state index contributed by atoms with van der Waals surface area (Å²) in [5.74, 6) is 0.168. The largest absolute Gasteiger partial charge is 0.480 e. The predicted octanol–water partition coefficient (Wildman–Crippen LogP) is 0.111. The van der Waals surface area contributed by atoms with Crippen LogP contribution in [-0.2, 0) is 9.59 Å². The first-order valence-electron chi connectivity index (χ1n) is 3.59. The average Bonchev–Trinajstić information content (AvgIpc) is 1.97. The zero-order valence-electron chi connectivity index (χ0n) is 6.95. The highest BCUT2D eigenvalue weighted by Gasteiger charge is 2.10. The van der Waals surface area contributed by atoms with Crippen molar-refractivity contribution < 1.29 is 14.7 Å². The van der Waals surface area contributed by atoms with Crippen LogP contribution < -0.4 is 5.73 Å². The molecular formula is C7H13NO3S. The van der Waals surface area contributed by atoms with E-state index in [-0.39, 0.29) is 5.78 Å². The summed E-state index contributed by atoms with van der Waals surface area (Å²) >= 11 is 1.41. The minimum atomic E-state index is -0.988. The van der Waals surface area contributed by atoms with E-state index < -0.39 is 12.0 Å². The van der Waals surface area contributed by atoms with Gasteiger partial charge in [-0.25, -0.2) is 0 Å². The molecule has 0 amide bonds. The van der Waals surface area contributed by atoms with E-state index in [0.717, 1.165) is 0 Å². The minimum absolute atomic E-state index is 0.101. The maximum atomic E-state index is 10.5. The SMILES string of the molecule is CC(=O)CSCC[C@@H](N)C(=O)O. The van der Waals surface area contributed by atoms with Gasteiger partial charge in [0.05, 0.1) is 5.75 Å². The number of carbonyl (C=O) groups is 2. The fraction of sp³-hybridized carbons (Fsp3) is 0.714. The average molecular weight is 191 g/mol. The van der Waals surface area contributed by atoms with Gasteiger partial charge in [0.15, 0.2) is 0 Å². The minimum Gasteiger partial charge on any atom is -0.480 e. The molecule has 0 radical (unpaired) electrons. The molecule has 12 heavy (non-hydrogen) atoms. The fourth-order valence-electron chi connectivity index (χ4n) is 0.550. The Morgan fingerprint density at radius 1 is 1.58 bits per heavy atom. The third kappa shape index (κ3) is 6.18. The van der Waals surface area contributed by atoms with E-state index in [9.17, 15) is 9.59 Å². The molecule has 5 heteroatoms. The van der Waals surface area contributed by atoms with Crippen molar-refractivity contribution in [3.63, 3.8) is 0 Å². The van der Waals surface area contributed by atoms with Crippen LogP contribution in [0.3, 0.4) is 0 Å². The highest BCUT2D eigenvalue weighted by Crippen LogP contribution is 2.03. The molecule has 0 aromatic rings. The lowest BCUT2D eigenvalue weighted by atomic mass is 10.2. The Balaban J connectivity index is 3.31. The molecule has 0 aromatic heterocycles. The zero-order chi connectivity index (χ0) is 9.56. The maximum Gasteiger partial charge on any atom is 0.320 e. The van der Waals surface area contributed by atoms with E-state index in [1.165, 1.54) is 18.7 Å². The van der Waals surface area contributed by atoms with Crippen LogP contribution in [0.5, 0.6) is 0 Å². The van der Waals surface area contributed by atoms with E-state index in [1.807, 2.05) is 0 Å². The first kappa shape index (κ1) is 11.4. The smallest absolute Gasteiger partial charge is 0.320 e. The number of nitrogens with two attached hydrogens (primary N) is 1. The molecule has 0 heterocycles. The molecule has 0 bridgehead atoms. The van der Waals surface area contributed by atoms with Gasteiger partial charge < -0.3 is 10.8 Å². The van der Waals surface area contributed by atoms with Gasteiger partial charge in [-0.3, -0.25) is 9.59 Å². The topological polar surface area (TPSA) is 80.4 Å². The Morgan fingerprint density at radius 3 is 2.58 bits per heavy atom. The van der Waals surface area contributed by atoms with Crippen molar-refractivity contribution in [2.75, 3.05) is 11.5 Å². The lowest BCUT2D eigenvalue weighted by Crippen LogP contribution is -2.30. The number of hydrogen-bond acceptors (Lipinski definition) is 4. The van der Waals surface area contributed by atoms with Gasteiger partial charge >= 0.3 is 5.97 Å². The van der Waals surface area contributed by atoms with Crippen molar-refractivity contribution in [3.8, 4) is 0 Å². The summed E-state index contributed by atoms with van der Waals surface area (Å²) in [6.45, 7) is 1.50. The standard InChI is InChI=1S/C7H13NO3S/c1-5(9)4-12-3-2-6(8)7(10)11/h6H,2-4,8H2,1H3,(H,10,11)/t6-/m1/s1. The van der Waals surface area contributed by atoms with Crippen LogP contribution in [-0.4, -0.2) is 34.4 Å². The molecule has 0 spiro atoms. The van der Waals surface area contributed by atoms with Gasteiger partial charge in [-0.1, -0.05) is 0 Å². The zero-order valence-corrected chi connectivity index (χ0v) is 7.76. The summed E-state index contributed by atoms with van der Waals surface area (Å²) in [6.07, 6.45) is 0.410. The number of thioether (sulfide) groups is 1. The second-order valence-electron chi connectivity index (χ2n) is 2.49. The van der Waals surface area contributed by atoms with Crippen molar-refractivity contribution in [1.82, 2.24) is 0 Å². The molecular weight excluding hydrogens is 178 g/mol. The summed E-state index contributed by atoms with van der Waals surface area (Å²) in [5, 5.41) is 8.39. The van der Waals surface area contributed by atoms with E-state index in [4.69, 9.17) is 10.8 Å². The third-order valence-electron chi connectivity index (χ3n) is 1.20. The normalized spacial score (nSPS) is 12.5. The lowest BCUT2D eigenvalue weighted by molar-refractivity contribution is -0.138. The molecule has 0 fully saturated rings. The number of aliphatic carboxylic acids is 1. The van der Waals surface area contributed by atoms with Crippen LogP contribution in [0.1, 0.15) is 13.3 Å². The molecule has 3 N–H and O–H groups in total. The second kappa shape index (κ2) is 6.02. The second-order valence-corrected chi connectivity index (χ2v) is 3.59. The van der Waals surface area contributed by atoms with Gasteiger partial charge in [0.1, 0.15) is 11.8 Å². The van der Waals surface area contributed by atoms with Crippen LogP contribution in [0, 0.1) is 0 Å². The number of carbonyl (C=O) groups excluding carboxylic acids is 1. The molecule has 0 unspecified atom stereocenters. The van der Waals surface area contributed by atoms with Gasteiger partial charge in [-0.15, -0.1) is 0 Å². The van der Waals surface area contributed by atoms with Crippen molar-refractivity contribution in [1.29, 1.82) is 0 Å². The Morgan fingerprint density at radius 2 is 2.17 bits per heavy atom. The molecule has 0 aliphatic carbocycles. The number of carboxylic acid groups (broad SMARTS) is 1. The van der Waals surface area contributed by atoms with E-state index >= 15 is 0 Å². The lowest BCUT2D eigenvalue weighted by Gasteiger charge is -2.04. The summed E-state index contributed by atoms with van der Waals surface area (Å²) in [5.41, 5.74) is 5.24. The summed E-state index contributed by atoms with van der Waals surface area (Å²) in [7, 11) is 0. The van der Waals surface area contributed by atoms with Crippen LogP contribution in [0.25, 0.3) is 0 Å². The molecule has 70 valence electrons. The van der Waals surface area contributed by atoms with E-state index in [2.05, 4.69) is 0 Å². The highest BCUT2D eigenvalue weighted by molar-refractivity contribution is 7.99. The van der Waals surface area contributed by atoms with Crippen LogP contribution in [0.15, 0.2) is 0 Å². The molecule has 0 rings (SSSR count). The maximum absolute atomic E-state index is 10.5. The van der Waals surface area contributed by atoms with Crippen molar-refractivity contribution in [2.45, 2.75) is 19.4 Å². The monoisotopic (exact) mass is 191 g/mol. The van der Waals surface area contributed by atoms with Gasteiger partial charge in [0.25, 0.3) is 0 Å². The van der Waals surface area contributed by atoms with Gasteiger partial charge in [-0.05, 0) is 19.1 Å². The molecule has 1 atom stereocenters. The molecule has 0 aromatic carbocycles. The predicted molar refractivity (Wildman–Crippen MR) is 48.2 cm³/mol. The Labute approximate surface area is 75.5 Å². The molecule has 0 saturated carbocycles. The van der Waals surface area contributed by atoms with Crippen molar-refractivity contribution in [2.24, 2.45) is 5.73 Å². The fourth-order valence-corrected chi connectivity index (χ4v) is 1.40. The van der Waals surface area contributed by atoms with Crippen molar-refractivity contribution >= 4 is 23.5 Å². The van der Waals surface area contributed by atoms with Crippen LogP contribution in [0.4, 0.5) is 0 Å². The Bertz CT molecular complexity index is 172. The Hall–Kier alpha value is -0.550. The first-order chi connectivity index (χ1) is 5.54. The molecule has 0 aliphatic heterocycles. The third-order valence-corrected chi connectivity index (χ3v) is 2.33. The number of hydrogen-bond donors (Lipinski definition) is 2. The number of ketones is 1. The van der Waals surface area contributed by atoms with Crippen LogP contribution >= 0.6 is 11.8 Å². The van der Waals surface area contributed by atoms with Gasteiger partial charge in [0, 0.05) is 0 Å². The van der Waals surface area contributed by atoms with Crippen molar-refractivity contribution in [3.05, 3.63) is 0 Å². The summed E-state index contributed by atoms with van der Waals surface area (Å²) in [4.78, 5) is 20.7.